The normalized spacial score (nSPS) is 14.0. The number of aliphatic carboxylic acids is 1. The van der Waals surface area contributed by atoms with Crippen LogP contribution in [0.4, 0.5) is 0 Å². The molecule has 1 aromatic heterocycles. The zero-order valence-corrected chi connectivity index (χ0v) is 64.8. The Kier molecular flexibility index (Phi) is 40.0. The van der Waals surface area contributed by atoms with Crippen molar-refractivity contribution in [2.75, 3.05) is 18.6 Å². The Bertz CT molecular complexity index is 4250. The van der Waals surface area contributed by atoms with Crippen molar-refractivity contribution in [3.63, 3.8) is 0 Å². The van der Waals surface area contributed by atoms with Crippen LogP contribution in [0, 0.1) is 0 Å². The number of thioether (sulfide) groups is 1. The number of fused-ring (bicyclic) bond motifs is 1. The number of benzene rings is 3. The number of hydrogen-bond acceptors (Lipinski definition) is 23. The first-order chi connectivity index (χ1) is 55.2. The molecule has 0 radical (unpaired) electrons. The maximum atomic E-state index is 14.6. The largest absolute Gasteiger partial charge is 0.508 e. The molecule has 0 saturated carbocycles. The van der Waals surface area contributed by atoms with Crippen LogP contribution >= 0.6 is 11.8 Å². The van der Waals surface area contributed by atoms with E-state index in [0.717, 1.165) is 6.92 Å². The zero-order valence-electron chi connectivity index (χ0n) is 64.0. The molecule has 44 heteroatoms. The molecular formula is C73H101N21O22S. The fourth-order valence-electron chi connectivity index (χ4n) is 11.4. The number of nitrogens with one attached hydrogen (secondary N) is 13. The quantitative estimate of drug-likeness (QED) is 0.0195. The fraction of sp³-hybridized carbons (Fsp3) is 0.452. The number of primary amides is 7. The Hall–Kier alpha value is -13.3. The van der Waals surface area contributed by atoms with Crippen LogP contribution < -0.4 is 110 Å². The van der Waals surface area contributed by atoms with Crippen molar-refractivity contribution < 1.29 is 106 Å². The molecule has 4 rings (SSSR count). The molecule has 0 unspecified atom stereocenters. The molecule has 1 heterocycles. The first kappa shape index (κ1) is 96.1. The molecule has 43 nitrogen and oxygen atoms in total. The summed E-state index contributed by atoms with van der Waals surface area (Å²) >= 11 is 1.26. The molecule has 0 aliphatic rings. The number of carboxylic acid groups (broad SMARTS) is 1. The molecule has 0 bridgehead atoms. The smallest absolute Gasteiger partial charge is 0.305 e. The number of phenols is 1. The summed E-state index contributed by atoms with van der Waals surface area (Å²) < 4.78 is 0. The van der Waals surface area contributed by atoms with E-state index in [1.165, 1.54) is 36.0 Å². The maximum absolute atomic E-state index is 14.6. The van der Waals surface area contributed by atoms with Crippen LogP contribution in [0.2, 0.25) is 0 Å². The summed E-state index contributed by atoms with van der Waals surface area (Å²) in [5.74, 6) is -21.7. The second-order valence-corrected chi connectivity index (χ2v) is 28.1. The highest BCUT2D eigenvalue weighted by Crippen LogP contribution is 2.21. The third-order valence-corrected chi connectivity index (χ3v) is 18.4. The van der Waals surface area contributed by atoms with Gasteiger partial charge in [0.25, 0.3) is 0 Å². The molecule has 0 saturated heterocycles. The molecule has 12 atom stereocenters. The number of amides is 19. The van der Waals surface area contributed by atoms with Crippen LogP contribution in [-0.2, 0) is 115 Å². The highest BCUT2D eigenvalue weighted by atomic mass is 32.2. The van der Waals surface area contributed by atoms with Gasteiger partial charge in [0.2, 0.25) is 112 Å². The molecular weight excluding hydrogens is 1550 g/mol. The number of aromatic nitrogens is 1. The van der Waals surface area contributed by atoms with E-state index >= 15 is 0 Å². The number of nitrogens with two attached hydrogens (primary N) is 8. The first-order valence-electron chi connectivity index (χ1n) is 36.7. The van der Waals surface area contributed by atoms with Gasteiger partial charge >= 0.3 is 5.97 Å². The van der Waals surface area contributed by atoms with Gasteiger partial charge in [-0.3, -0.25) is 95.9 Å². The lowest BCUT2D eigenvalue weighted by Gasteiger charge is -2.27. The summed E-state index contributed by atoms with van der Waals surface area (Å²) in [6.07, 6.45) is -5.18. The van der Waals surface area contributed by atoms with Crippen LogP contribution in [0.5, 0.6) is 5.75 Å². The minimum Gasteiger partial charge on any atom is -0.508 e. The van der Waals surface area contributed by atoms with E-state index in [-0.39, 0.29) is 50.0 Å². The molecule has 4 aromatic rings. The Labute approximate surface area is 673 Å². The lowest BCUT2D eigenvalue weighted by atomic mass is 10.0. The number of carbonyl (C=O) groups excluding carboxylic acids is 19. The lowest BCUT2D eigenvalue weighted by molar-refractivity contribution is -0.141. The van der Waals surface area contributed by atoms with Gasteiger partial charge in [-0.05, 0) is 98.8 Å². The molecule has 0 aliphatic heterocycles. The number of hydrogen-bond donors (Lipinski definition) is 23. The van der Waals surface area contributed by atoms with Crippen molar-refractivity contribution in [3.05, 3.63) is 102 Å². The number of para-hydroxylation sites is 1. The van der Waals surface area contributed by atoms with Gasteiger partial charge in [0.1, 0.15) is 72.2 Å². The number of aromatic amines is 1. The molecule has 0 spiro atoms. The Morgan fingerprint density at radius 2 is 0.744 bits per heavy atom. The van der Waals surface area contributed by atoms with E-state index < -0.39 is 268 Å². The molecule has 31 N–H and O–H groups in total. The number of H-pyrrole nitrogens is 1. The van der Waals surface area contributed by atoms with Gasteiger partial charge in [-0.15, -0.1) is 0 Å². The predicted octanol–water partition coefficient (Wildman–Crippen LogP) is -8.00. The van der Waals surface area contributed by atoms with E-state index in [0.29, 0.717) is 27.6 Å². The maximum Gasteiger partial charge on any atom is 0.305 e. The van der Waals surface area contributed by atoms with E-state index in [4.69, 9.17) is 45.9 Å². The van der Waals surface area contributed by atoms with Gasteiger partial charge < -0.3 is 125 Å². The molecule has 19 amide bonds. The van der Waals surface area contributed by atoms with Crippen LogP contribution in [0.1, 0.15) is 114 Å². The van der Waals surface area contributed by atoms with Crippen molar-refractivity contribution in [2.45, 2.75) is 189 Å². The summed E-state index contributed by atoms with van der Waals surface area (Å²) in [4.78, 5) is 268. The van der Waals surface area contributed by atoms with Crippen molar-refractivity contribution in [1.29, 1.82) is 0 Å². The van der Waals surface area contributed by atoms with E-state index in [1.54, 1.807) is 67.0 Å². The van der Waals surface area contributed by atoms with Crippen molar-refractivity contribution in [3.8, 4) is 5.75 Å². The van der Waals surface area contributed by atoms with E-state index in [1.807, 2.05) is 0 Å². The van der Waals surface area contributed by atoms with E-state index in [2.05, 4.69) is 68.8 Å². The molecule has 636 valence electrons. The van der Waals surface area contributed by atoms with E-state index in [9.17, 15) is 106 Å². The highest BCUT2D eigenvalue weighted by Gasteiger charge is 2.37. The number of rotatable bonds is 54. The van der Waals surface area contributed by atoms with Crippen LogP contribution in [0.25, 0.3) is 10.9 Å². The Morgan fingerprint density at radius 3 is 1.19 bits per heavy atom. The number of carbonyl (C=O) groups is 20. The molecule has 0 aliphatic carbocycles. The van der Waals surface area contributed by atoms with Gasteiger partial charge in [0.05, 0.1) is 19.0 Å². The van der Waals surface area contributed by atoms with Gasteiger partial charge in [0.15, 0.2) is 0 Å². The Morgan fingerprint density at radius 1 is 0.385 bits per heavy atom. The van der Waals surface area contributed by atoms with Gasteiger partial charge in [-0.1, -0.05) is 60.7 Å². The second kappa shape index (κ2) is 48.7. The SMILES string of the molecule is CSCC[C@H](NC(=O)[C@H](Cc1c[nH]c2ccccc12)NC(=O)CNC(=O)[C@H](Cc1ccc(O)cc1)NC(=O)[C@H](C)NC(=O)[C@@H](CCC(N)=O)NC(=O)[C@@H](CCC(N)=O)NC(=O)[C@@H](CCC(N)=O)NC(=O)[C@@H](CCC(N)=O)NC(=O)[C@@H](CCC(N)=O)NC(=O)[C@H](N)CCC(N)=O)C(=O)N[C@@H](CC(=O)O)C(=O)N[C@@H](Cc1ccccc1)C(N)=O. The minimum atomic E-state index is -1.90. The summed E-state index contributed by atoms with van der Waals surface area (Å²) in [7, 11) is 0. The predicted molar refractivity (Wildman–Crippen MR) is 417 cm³/mol. The summed E-state index contributed by atoms with van der Waals surface area (Å²) in [5.41, 5.74) is 45.6. The van der Waals surface area contributed by atoms with Crippen molar-refractivity contribution >= 4 is 141 Å². The summed E-state index contributed by atoms with van der Waals surface area (Å²) in [5, 5.41) is 49.1. The number of aromatic hydroxyl groups is 1. The van der Waals surface area contributed by atoms with Crippen LogP contribution in [0.15, 0.2) is 85.1 Å². The number of phenolic OH excluding ortho intramolecular Hbond substituents is 1. The summed E-state index contributed by atoms with van der Waals surface area (Å²) in [6, 6.07) is 0.589. The van der Waals surface area contributed by atoms with Gasteiger partial charge in [-0.2, -0.15) is 11.8 Å². The summed E-state index contributed by atoms with van der Waals surface area (Å²) in [6.45, 7) is 0.226. The number of carboxylic acids is 1. The van der Waals surface area contributed by atoms with Crippen molar-refractivity contribution in [1.82, 2.24) is 68.8 Å². The van der Waals surface area contributed by atoms with Gasteiger partial charge in [-0.25, -0.2) is 0 Å². The topological polar surface area (TPSA) is 750 Å². The Balaban J connectivity index is 1.59. The highest BCUT2D eigenvalue weighted by molar-refractivity contribution is 7.98. The van der Waals surface area contributed by atoms with Crippen LogP contribution in [-0.4, -0.2) is 224 Å². The zero-order chi connectivity index (χ0) is 87.2. The van der Waals surface area contributed by atoms with Gasteiger partial charge in [0, 0.05) is 74.9 Å². The third kappa shape index (κ3) is 35.3. The standard InChI is InChI=1S/C73H101N21O22S/c1-36(84-66(109)44(17-23-55(76)97)87-68(111)46(19-25-57(78)99)89-70(113)48(21-27-59(80)101)90-69(112)47(20-26-58(79)100)88-67(110)45(18-24-56(77)98)86-64(107)42(74)16-22-54(75)96)63(106)93-51(31-38-12-14-40(95)15-13-38)65(108)83-35-60(102)85-52(32-39-34-82-43-11-7-6-10-41(39)43)72(115)91-49(28-29-117-2)71(114)94-53(33-61(103)104)73(116)92-50(62(81)105)30-37-8-4-3-5-9-37/h3-15,34,36,42,44-53,82,95H,16-33,35,74H2,1-2H3,(H2,75,96)(H2,76,97)(H2,77,98)(H2,78,99)(H2,79,100)(H2,80,101)(H2,81,105)(H,83,108)(H,84,109)(H,85,102)(H,86,107)(H,87,111)(H,88,110)(H,89,113)(H,90,112)(H,91,115)(H,92,116)(H,93,106)(H,94,114)(H,103,104)/t36-,42+,44+,45+,46+,47+,48+,49-,50-,51-,52-,53-/m0/s1. The minimum absolute atomic E-state index is 0.0873. The lowest BCUT2D eigenvalue weighted by Crippen LogP contribution is -2.60. The van der Waals surface area contributed by atoms with Crippen LogP contribution in [0.3, 0.4) is 0 Å². The molecule has 117 heavy (non-hydrogen) atoms. The fourth-order valence-corrected chi connectivity index (χ4v) is 11.8. The average molecular weight is 1660 g/mol. The molecule has 3 aromatic carbocycles. The molecule has 0 fully saturated rings. The average Bonchev–Trinajstić information content (AvgIpc) is 1.70. The second-order valence-electron chi connectivity index (χ2n) is 27.2. The monoisotopic (exact) mass is 1660 g/mol. The van der Waals surface area contributed by atoms with Crippen molar-refractivity contribution in [2.24, 2.45) is 45.9 Å². The third-order valence-electron chi connectivity index (χ3n) is 17.7. The first-order valence-corrected chi connectivity index (χ1v) is 38.1.